The van der Waals surface area contributed by atoms with Gasteiger partial charge in [0.15, 0.2) is 5.16 Å². The van der Waals surface area contributed by atoms with E-state index < -0.39 is 6.55 Å². The van der Waals surface area contributed by atoms with E-state index in [1.54, 1.807) is 39.3 Å². The molecular formula is C25H18F2N6OS. The number of rotatable bonds is 6. The molecule has 3 aromatic heterocycles. The summed E-state index contributed by atoms with van der Waals surface area (Å²) in [6.45, 7) is -2.39. The summed E-state index contributed by atoms with van der Waals surface area (Å²) in [5.74, 6) is 0.790. The molecule has 35 heavy (non-hydrogen) atoms. The molecule has 0 unspecified atom stereocenters. The highest BCUT2D eigenvalue weighted by Gasteiger charge is 2.20. The van der Waals surface area contributed by atoms with Gasteiger partial charge in [0.1, 0.15) is 5.82 Å². The molecule has 3 aromatic carbocycles. The van der Waals surface area contributed by atoms with Gasteiger partial charge >= 0.3 is 6.55 Å². The molecule has 0 atom stereocenters. The quantitative estimate of drug-likeness (QED) is 0.304. The van der Waals surface area contributed by atoms with Crippen LogP contribution in [0.25, 0.3) is 27.7 Å². The molecule has 7 nitrogen and oxygen atoms in total. The van der Waals surface area contributed by atoms with Gasteiger partial charge in [-0.3, -0.25) is 18.3 Å². The monoisotopic (exact) mass is 488 g/mol. The number of alkyl halides is 2. The fourth-order valence-electron chi connectivity index (χ4n) is 4.28. The number of imidazole rings is 1. The Bertz CT molecular complexity index is 1740. The molecule has 0 aliphatic carbocycles. The summed E-state index contributed by atoms with van der Waals surface area (Å²) in [6, 6.07) is 23.7. The van der Waals surface area contributed by atoms with Gasteiger partial charge in [-0.05, 0) is 29.8 Å². The number of hydrogen-bond donors (Lipinski definition) is 0. The number of nitrogens with zero attached hydrogens (tertiary/aromatic N) is 6. The van der Waals surface area contributed by atoms with Gasteiger partial charge in [-0.2, -0.15) is 8.78 Å². The fourth-order valence-corrected chi connectivity index (χ4v) is 5.15. The molecular weight excluding hydrogens is 470 g/mol. The van der Waals surface area contributed by atoms with Crippen LogP contribution >= 0.6 is 11.8 Å². The lowest BCUT2D eigenvalue weighted by Crippen LogP contribution is -2.24. The SMILES string of the molecule is O=c1c2ccccc2n2c(SCc3nc4ccccc4n3C(F)F)nnc2n1Cc1ccccc1. The smallest absolute Gasteiger partial charge is 0.272 e. The molecule has 0 spiro atoms. The molecule has 0 saturated heterocycles. The first-order valence-corrected chi connectivity index (χ1v) is 11.9. The van der Waals surface area contributed by atoms with Crippen LogP contribution in [0.4, 0.5) is 8.78 Å². The van der Waals surface area contributed by atoms with E-state index in [1.165, 1.54) is 11.8 Å². The van der Waals surface area contributed by atoms with Crippen molar-refractivity contribution in [3.05, 3.63) is 101 Å². The van der Waals surface area contributed by atoms with Crippen LogP contribution in [0.15, 0.2) is 88.8 Å². The lowest BCUT2D eigenvalue weighted by molar-refractivity contribution is 0.0722. The van der Waals surface area contributed by atoms with Gasteiger partial charge in [0.25, 0.3) is 5.56 Å². The zero-order valence-electron chi connectivity index (χ0n) is 18.3. The summed E-state index contributed by atoms with van der Waals surface area (Å²) in [4.78, 5) is 17.7. The first-order chi connectivity index (χ1) is 17.1. The maximum atomic E-state index is 13.9. The number of thioether (sulfide) groups is 1. The van der Waals surface area contributed by atoms with Crippen molar-refractivity contribution in [3.8, 4) is 0 Å². The first-order valence-electron chi connectivity index (χ1n) is 10.9. The van der Waals surface area contributed by atoms with Gasteiger partial charge in [0.2, 0.25) is 5.78 Å². The third kappa shape index (κ3) is 3.66. The Kier molecular flexibility index (Phi) is 5.29. The van der Waals surface area contributed by atoms with E-state index in [0.29, 0.717) is 39.4 Å². The van der Waals surface area contributed by atoms with Crippen LogP contribution in [0.2, 0.25) is 0 Å². The van der Waals surface area contributed by atoms with Crippen molar-refractivity contribution in [1.82, 2.24) is 28.7 Å². The highest BCUT2D eigenvalue weighted by molar-refractivity contribution is 7.98. The highest BCUT2D eigenvalue weighted by Crippen LogP contribution is 2.29. The van der Waals surface area contributed by atoms with E-state index in [0.717, 1.165) is 10.1 Å². The van der Waals surface area contributed by atoms with E-state index in [1.807, 2.05) is 48.5 Å². The van der Waals surface area contributed by atoms with Gasteiger partial charge < -0.3 is 0 Å². The Morgan fingerprint density at radius 2 is 1.57 bits per heavy atom. The molecule has 0 bridgehead atoms. The number of aromatic nitrogens is 6. The molecule has 0 aliphatic rings. The fraction of sp³-hybridized carbons (Fsp3) is 0.120. The minimum absolute atomic E-state index is 0.159. The number of halogens is 2. The van der Waals surface area contributed by atoms with Gasteiger partial charge in [0.05, 0.1) is 34.2 Å². The summed E-state index contributed by atoms with van der Waals surface area (Å²) in [5, 5.41) is 9.66. The van der Waals surface area contributed by atoms with Crippen LogP contribution in [0.1, 0.15) is 17.9 Å². The van der Waals surface area contributed by atoms with E-state index in [9.17, 15) is 13.6 Å². The maximum absolute atomic E-state index is 13.9. The number of hydrogen-bond acceptors (Lipinski definition) is 5. The molecule has 6 rings (SSSR count). The van der Waals surface area contributed by atoms with Crippen molar-refractivity contribution >= 4 is 39.5 Å². The second-order valence-corrected chi connectivity index (χ2v) is 8.91. The summed E-state index contributed by atoms with van der Waals surface area (Å²) < 4.78 is 32.1. The van der Waals surface area contributed by atoms with Gasteiger partial charge in [-0.25, -0.2) is 4.98 Å². The minimum Gasteiger partial charge on any atom is -0.272 e. The molecule has 0 amide bonds. The van der Waals surface area contributed by atoms with Crippen LogP contribution in [-0.4, -0.2) is 28.7 Å². The number of para-hydroxylation sites is 3. The molecule has 0 radical (unpaired) electrons. The zero-order chi connectivity index (χ0) is 23.9. The van der Waals surface area contributed by atoms with Crippen molar-refractivity contribution < 1.29 is 8.78 Å². The van der Waals surface area contributed by atoms with Crippen molar-refractivity contribution in [1.29, 1.82) is 0 Å². The molecule has 0 saturated carbocycles. The van der Waals surface area contributed by atoms with Crippen LogP contribution in [-0.2, 0) is 12.3 Å². The molecule has 6 aromatic rings. The molecule has 0 aliphatic heterocycles. The average molecular weight is 489 g/mol. The van der Waals surface area contributed by atoms with Crippen molar-refractivity contribution in [2.75, 3.05) is 0 Å². The number of benzene rings is 3. The van der Waals surface area contributed by atoms with Crippen LogP contribution in [0.3, 0.4) is 0 Å². The Labute approximate surface area is 201 Å². The Morgan fingerprint density at radius 1 is 0.857 bits per heavy atom. The third-order valence-electron chi connectivity index (χ3n) is 5.86. The largest absolute Gasteiger partial charge is 0.320 e. The van der Waals surface area contributed by atoms with E-state index in [-0.39, 0.29) is 17.1 Å². The van der Waals surface area contributed by atoms with Crippen LogP contribution in [0.5, 0.6) is 0 Å². The molecule has 0 fully saturated rings. The Hall–Kier alpha value is -4.05. The predicted octanol–water partition coefficient (Wildman–Crippen LogP) is 5.13. The average Bonchev–Trinajstić information content (AvgIpc) is 3.47. The summed E-state index contributed by atoms with van der Waals surface area (Å²) in [7, 11) is 0. The van der Waals surface area contributed by atoms with Crippen molar-refractivity contribution in [2.45, 2.75) is 24.0 Å². The topological polar surface area (TPSA) is 70.0 Å². The van der Waals surface area contributed by atoms with Gasteiger partial charge in [0, 0.05) is 0 Å². The highest BCUT2D eigenvalue weighted by atomic mass is 32.2. The normalized spacial score (nSPS) is 11.9. The van der Waals surface area contributed by atoms with E-state index in [4.69, 9.17) is 0 Å². The van der Waals surface area contributed by atoms with E-state index >= 15 is 0 Å². The van der Waals surface area contributed by atoms with Crippen molar-refractivity contribution in [2.24, 2.45) is 0 Å². The zero-order valence-corrected chi connectivity index (χ0v) is 19.1. The van der Waals surface area contributed by atoms with Crippen LogP contribution in [0, 0.1) is 0 Å². The van der Waals surface area contributed by atoms with Crippen molar-refractivity contribution in [3.63, 3.8) is 0 Å². The van der Waals surface area contributed by atoms with Gasteiger partial charge in [-0.1, -0.05) is 66.4 Å². The Balaban J connectivity index is 1.46. The summed E-state index contributed by atoms with van der Waals surface area (Å²) in [6.07, 6.45) is 0. The maximum Gasteiger partial charge on any atom is 0.320 e. The lowest BCUT2D eigenvalue weighted by atomic mass is 10.2. The minimum atomic E-state index is -2.72. The third-order valence-corrected chi connectivity index (χ3v) is 6.78. The van der Waals surface area contributed by atoms with E-state index in [2.05, 4.69) is 15.2 Å². The standard InChI is InChI=1S/C25H18F2N6OS/c26-23(27)32-20-13-7-5-11-18(20)28-21(32)15-35-25-30-29-24-31(14-16-8-2-1-3-9-16)22(34)17-10-4-6-12-19(17)33(24)25/h1-13,23H,14-15H2. The molecule has 10 heteroatoms. The molecule has 0 N–H and O–H groups in total. The summed E-state index contributed by atoms with van der Waals surface area (Å²) >= 11 is 1.25. The predicted molar refractivity (Wildman–Crippen MR) is 131 cm³/mol. The summed E-state index contributed by atoms with van der Waals surface area (Å²) in [5.41, 5.74) is 2.34. The van der Waals surface area contributed by atoms with Crippen LogP contribution < -0.4 is 5.56 Å². The molecule has 174 valence electrons. The first kappa shape index (κ1) is 21.5. The Morgan fingerprint density at radius 3 is 2.37 bits per heavy atom. The van der Waals surface area contributed by atoms with Gasteiger partial charge in [-0.15, -0.1) is 10.2 Å². The molecule has 3 heterocycles. The second-order valence-electron chi connectivity index (χ2n) is 7.97. The number of fused-ring (bicyclic) bond motifs is 4. The second kappa shape index (κ2) is 8.62. The lowest BCUT2D eigenvalue weighted by Gasteiger charge is -2.11.